The minimum atomic E-state index is -0.662. The number of hydrogen-bond donors (Lipinski definition) is 1. The van der Waals surface area contributed by atoms with Gasteiger partial charge in [-0.25, -0.2) is 14.2 Å². The molecule has 1 aromatic rings. The monoisotopic (exact) mass is 210 g/mol. The summed E-state index contributed by atoms with van der Waals surface area (Å²) in [6, 6.07) is 3.62. The van der Waals surface area contributed by atoms with Crippen molar-refractivity contribution in [1.29, 1.82) is 0 Å². The van der Waals surface area contributed by atoms with E-state index in [0.29, 0.717) is 0 Å². The van der Waals surface area contributed by atoms with Crippen LogP contribution in [0.1, 0.15) is 18.4 Å². The second-order valence-corrected chi connectivity index (χ2v) is 3.19. The maximum Gasteiger partial charge on any atom is 0.240 e. The van der Waals surface area contributed by atoms with Gasteiger partial charge in [0.05, 0.1) is 11.3 Å². The number of hydrogen-bond acceptors (Lipinski definition) is 2. The molecule has 3 nitrogen and oxygen atoms in total. The molecule has 1 aliphatic rings. The molecule has 0 aliphatic carbocycles. The standard InChI is InChI=1S/C10H8F2N2O/c11-6-2-1-3-7(12)10(6)8-4-5-9(15)14-13-8/h1-3H,4-5H2,(H,14,15). The number of rotatable bonds is 1. The van der Waals surface area contributed by atoms with Crippen LogP contribution in [0.2, 0.25) is 0 Å². The molecule has 1 heterocycles. The lowest BCUT2D eigenvalue weighted by Crippen LogP contribution is -2.26. The molecule has 1 N–H and O–H groups in total. The van der Waals surface area contributed by atoms with Crippen molar-refractivity contribution in [2.24, 2.45) is 5.10 Å². The van der Waals surface area contributed by atoms with E-state index in [2.05, 4.69) is 10.5 Å². The van der Waals surface area contributed by atoms with Crippen LogP contribution in [-0.2, 0) is 4.79 Å². The summed E-state index contributed by atoms with van der Waals surface area (Å²) in [6.45, 7) is 0. The zero-order chi connectivity index (χ0) is 10.8. The second-order valence-electron chi connectivity index (χ2n) is 3.19. The molecule has 0 atom stereocenters. The number of carbonyl (C=O) groups excluding carboxylic acids is 1. The zero-order valence-corrected chi connectivity index (χ0v) is 7.76. The van der Waals surface area contributed by atoms with Crippen LogP contribution in [0.25, 0.3) is 0 Å². The van der Waals surface area contributed by atoms with E-state index in [1.807, 2.05) is 0 Å². The molecule has 0 radical (unpaired) electrons. The molecule has 15 heavy (non-hydrogen) atoms. The highest BCUT2D eigenvalue weighted by Crippen LogP contribution is 2.17. The largest absolute Gasteiger partial charge is 0.273 e. The number of nitrogens with one attached hydrogen (secondary N) is 1. The maximum absolute atomic E-state index is 13.3. The van der Waals surface area contributed by atoms with Crippen molar-refractivity contribution in [2.75, 3.05) is 0 Å². The Bertz CT molecular complexity index is 423. The summed E-state index contributed by atoms with van der Waals surface area (Å²) in [7, 11) is 0. The Kier molecular flexibility index (Phi) is 2.45. The van der Waals surface area contributed by atoms with E-state index < -0.39 is 11.6 Å². The molecule has 0 fully saturated rings. The van der Waals surface area contributed by atoms with Crippen molar-refractivity contribution >= 4 is 11.6 Å². The number of halogens is 2. The minimum Gasteiger partial charge on any atom is -0.273 e. The van der Waals surface area contributed by atoms with Crippen LogP contribution in [0, 0.1) is 11.6 Å². The number of nitrogens with zero attached hydrogens (tertiary/aromatic N) is 1. The molecule has 0 saturated carbocycles. The van der Waals surface area contributed by atoms with Crippen LogP contribution in [0.4, 0.5) is 8.78 Å². The third kappa shape index (κ3) is 1.86. The molecule has 1 amide bonds. The summed E-state index contributed by atoms with van der Waals surface area (Å²) in [6.07, 6.45) is 0.455. The molecule has 0 spiro atoms. The van der Waals surface area contributed by atoms with E-state index in [9.17, 15) is 13.6 Å². The number of carbonyl (C=O) groups is 1. The average Bonchev–Trinajstić information content (AvgIpc) is 2.20. The van der Waals surface area contributed by atoms with Gasteiger partial charge >= 0.3 is 0 Å². The van der Waals surface area contributed by atoms with Gasteiger partial charge in [-0.15, -0.1) is 0 Å². The third-order valence-corrected chi connectivity index (χ3v) is 2.16. The summed E-state index contributed by atoms with van der Waals surface area (Å²) in [4.78, 5) is 10.8. The van der Waals surface area contributed by atoms with Crippen molar-refractivity contribution in [1.82, 2.24) is 5.43 Å². The van der Waals surface area contributed by atoms with Crippen LogP contribution >= 0.6 is 0 Å². The lowest BCUT2D eigenvalue weighted by atomic mass is 10.0. The molecule has 2 rings (SSSR count). The normalized spacial score (nSPS) is 15.9. The van der Waals surface area contributed by atoms with Gasteiger partial charge in [-0.1, -0.05) is 6.07 Å². The Balaban J connectivity index is 2.42. The third-order valence-electron chi connectivity index (χ3n) is 2.16. The Morgan fingerprint density at radius 3 is 2.40 bits per heavy atom. The van der Waals surface area contributed by atoms with E-state index >= 15 is 0 Å². The van der Waals surface area contributed by atoms with Crippen molar-refractivity contribution in [3.8, 4) is 0 Å². The average molecular weight is 210 g/mol. The fourth-order valence-corrected chi connectivity index (χ4v) is 1.43. The fourth-order valence-electron chi connectivity index (χ4n) is 1.43. The topological polar surface area (TPSA) is 41.5 Å². The van der Waals surface area contributed by atoms with Gasteiger partial charge < -0.3 is 0 Å². The van der Waals surface area contributed by atoms with E-state index in [1.165, 1.54) is 6.07 Å². The molecule has 5 heteroatoms. The van der Waals surface area contributed by atoms with Crippen molar-refractivity contribution in [2.45, 2.75) is 12.8 Å². The smallest absolute Gasteiger partial charge is 0.240 e. The van der Waals surface area contributed by atoms with Crippen LogP contribution in [0.3, 0.4) is 0 Å². The van der Waals surface area contributed by atoms with Crippen LogP contribution in [0.15, 0.2) is 23.3 Å². The van der Waals surface area contributed by atoms with Gasteiger partial charge in [-0.3, -0.25) is 4.79 Å². The Hall–Kier alpha value is -1.78. The first-order valence-electron chi connectivity index (χ1n) is 4.48. The summed E-state index contributed by atoms with van der Waals surface area (Å²) in [5, 5.41) is 3.64. The highest BCUT2D eigenvalue weighted by atomic mass is 19.1. The van der Waals surface area contributed by atoms with E-state index in [-0.39, 0.29) is 30.0 Å². The summed E-state index contributed by atoms with van der Waals surface area (Å²) in [5.74, 6) is -1.56. The number of amides is 1. The van der Waals surface area contributed by atoms with Crippen molar-refractivity contribution < 1.29 is 13.6 Å². The SMILES string of the molecule is O=C1CCC(c2c(F)cccc2F)=NN1. The van der Waals surface area contributed by atoms with Crippen LogP contribution < -0.4 is 5.43 Å². The van der Waals surface area contributed by atoms with Crippen LogP contribution in [0.5, 0.6) is 0 Å². The molecule has 1 aliphatic heterocycles. The maximum atomic E-state index is 13.3. The molecule has 0 bridgehead atoms. The van der Waals surface area contributed by atoms with Crippen molar-refractivity contribution in [3.63, 3.8) is 0 Å². The highest BCUT2D eigenvalue weighted by Gasteiger charge is 2.19. The lowest BCUT2D eigenvalue weighted by Gasteiger charge is -2.13. The molecule has 78 valence electrons. The zero-order valence-electron chi connectivity index (χ0n) is 7.76. The number of hydrazone groups is 1. The van der Waals surface area contributed by atoms with Gasteiger partial charge in [0.2, 0.25) is 5.91 Å². The van der Waals surface area contributed by atoms with Gasteiger partial charge in [0.15, 0.2) is 0 Å². The fraction of sp³-hybridized carbons (Fsp3) is 0.200. The molecule has 1 aromatic carbocycles. The first-order valence-corrected chi connectivity index (χ1v) is 4.48. The Labute approximate surface area is 84.8 Å². The summed E-state index contributed by atoms with van der Waals surface area (Å²) in [5.41, 5.74) is 2.29. The Morgan fingerprint density at radius 1 is 1.20 bits per heavy atom. The highest BCUT2D eigenvalue weighted by molar-refractivity contribution is 6.04. The summed E-state index contributed by atoms with van der Waals surface area (Å²) < 4.78 is 26.6. The second kappa shape index (κ2) is 3.76. The quantitative estimate of drug-likeness (QED) is 0.751. The van der Waals surface area contributed by atoms with Gasteiger partial charge in [0, 0.05) is 12.8 Å². The first kappa shape index (κ1) is 9.76. The molecule has 0 saturated heterocycles. The van der Waals surface area contributed by atoms with E-state index in [4.69, 9.17) is 0 Å². The van der Waals surface area contributed by atoms with Crippen LogP contribution in [-0.4, -0.2) is 11.6 Å². The van der Waals surface area contributed by atoms with Gasteiger partial charge in [-0.05, 0) is 12.1 Å². The molecular formula is C10H8F2N2O. The first-order chi connectivity index (χ1) is 7.18. The van der Waals surface area contributed by atoms with E-state index in [1.54, 1.807) is 0 Å². The Morgan fingerprint density at radius 2 is 1.87 bits per heavy atom. The lowest BCUT2D eigenvalue weighted by molar-refractivity contribution is -0.121. The van der Waals surface area contributed by atoms with Gasteiger partial charge in [-0.2, -0.15) is 5.10 Å². The number of benzene rings is 1. The molecule has 0 aromatic heterocycles. The van der Waals surface area contributed by atoms with Gasteiger partial charge in [0.1, 0.15) is 11.6 Å². The molecular weight excluding hydrogens is 202 g/mol. The van der Waals surface area contributed by atoms with Crippen molar-refractivity contribution in [3.05, 3.63) is 35.4 Å². The van der Waals surface area contributed by atoms with E-state index in [0.717, 1.165) is 12.1 Å². The molecule has 0 unspecified atom stereocenters. The summed E-state index contributed by atoms with van der Waals surface area (Å²) >= 11 is 0. The predicted octanol–water partition coefficient (Wildman–Crippen LogP) is 1.58. The minimum absolute atomic E-state index is 0.155. The van der Waals surface area contributed by atoms with Gasteiger partial charge in [0.25, 0.3) is 0 Å². The predicted molar refractivity (Wildman–Crippen MR) is 50.3 cm³/mol.